The van der Waals surface area contributed by atoms with Gasteiger partial charge >= 0.3 is 5.97 Å². The molecule has 6 nitrogen and oxygen atoms in total. The van der Waals surface area contributed by atoms with Crippen molar-refractivity contribution >= 4 is 29.4 Å². The molecule has 0 bridgehead atoms. The minimum atomic E-state index is -0.898. The number of nitrogens with one attached hydrogen (secondary N) is 1. The molecular formula is C14H15ClN2O4. The second-order valence-corrected chi connectivity index (χ2v) is 5.23. The van der Waals surface area contributed by atoms with Crippen LogP contribution in [0.1, 0.15) is 16.8 Å². The van der Waals surface area contributed by atoms with Gasteiger partial charge in [0, 0.05) is 13.1 Å². The van der Waals surface area contributed by atoms with E-state index in [1.165, 1.54) is 4.90 Å². The first-order valence-electron chi connectivity index (χ1n) is 6.52. The Balaban J connectivity index is 1.86. The third-order valence-corrected chi connectivity index (χ3v) is 3.74. The standard InChI is InChI=1S/C14H15ClN2O4/c15-11-4-2-1-3-10(11)13(19)16-7-12(18)17-6-5-9(8-17)14(20)21/h1-4,9H,5-8H2,(H,16,19)(H,20,21). The van der Waals surface area contributed by atoms with Gasteiger partial charge in [0.25, 0.3) is 5.91 Å². The maximum atomic E-state index is 11.9. The van der Waals surface area contributed by atoms with E-state index in [4.69, 9.17) is 16.7 Å². The van der Waals surface area contributed by atoms with Crippen LogP contribution in [0.5, 0.6) is 0 Å². The van der Waals surface area contributed by atoms with E-state index in [-0.39, 0.29) is 19.0 Å². The molecule has 0 aromatic heterocycles. The zero-order valence-electron chi connectivity index (χ0n) is 11.2. The van der Waals surface area contributed by atoms with Gasteiger partial charge in [0.1, 0.15) is 0 Å². The summed E-state index contributed by atoms with van der Waals surface area (Å²) in [7, 11) is 0. The van der Waals surface area contributed by atoms with Gasteiger partial charge in [-0.25, -0.2) is 0 Å². The molecule has 1 aromatic carbocycles. The summed E-state index contributed by atoms with van der Waals surface area (Å²) in [6.07, 6.45) is 0.444. The summed E-state index contributed by atoms with van der Waals surface area (Å²) in [6, 6.07) is 6.55. The van der Waals surface area contributed by atoms with Crippen molar-refractivity contribution in [3.8, 4) is 0 Å². The Bertz CT molecular complexity index is 576. The van der Waals surface area contributed by atoms with Crippen molar-refractivity contribution in [2.75, 3.05) is 19.6 Å². The molecule has 112 valence electrons. The van der Waals surface area contributed by atoms with E-state index in [1.54, 1.807) is 24.3 Å². The van der Waals surface area contributed by atoms with Crippen molar-refractivity contribution in [1.82, 2.24) is 10.2 Å². The third-order valence-electron chi connectivity index (χ3n) is 3.41. The van der Waals surface area contributed by atoms with Crippen LogP contribution in [0.3, 0.4) is 0 Å². The van der Waals surface area contributed by atoms with E-state index < -0.39 is 17.8 Å². The maximum Gasteiger partial charge on any atom is 0.308 e. The second-order valence-electron chi connectivity index (χ2n) is 4.83. The molecule has 1 atom stereocenters. The van der Waals surface area contributed by atoms with Gasteiger partial charge < -0.3 is 15.3 Å². The number of carbonyl (C=O) groups is 3. The summed E-state index contributed by atoms with van der Waals surface area (Å²) in [6.45, 7) is 0.421. The summed E-state index contributed by atoms with van der Waals surface area (Å²) in [5.74, 6) is -2.14. The lowest BCUT2D eigenvalue weighted by Crippen LogP contribution is -2.39. The first kappa shape index (κ1) is 15.3. The van der Waals surface area contributed by atoms with Crippen molar-refractivity contribution in [2.45, 2.75) is 6.42 Å². The van der Waals surface area contributed by atoms with Crippen LogP contribution in [0.15, 0.2) is 24.3 Å². The number of carboxylic acids is 1. The van der Waals surface area contributed by atoms with Crippen molar-refractivity contribution in [1.29, 1.82) is 0 Å². The highest BCUT2D eigenvalue weighted by Gasteiger charge is 2.30. The molecule has 1 aliphatic heterocycles. The number of carboxylic acid groups (broad SMARTS) is 1. The second kappa shape index (κ2) is 6.58. The van der Waals surface area contributed by atoms with Crippen molar-refractivity contribution in [2.24, 2.45) is 5.92 Å². The van der Waals surface area contributed by atoms with Gasteiger partial charge in [0.15, 0.2) is 0 Å². The van der Waals surface area contributed by atoms with Crippen LogP contribution in [0.25, 0.3) is 0 Å². The zero-order chi connectivity index (χ0) is 15.4. The molecule has 2 rings (SSSR count). The summed E-state index contributed by atoms with van der Waals surface area (Å²) in [5, 5.41) is 11.7. The molecule has 0 spiro atoms. The predicted octanol–water partition coefficient (Wildman–Crippen LogP) is 1.00. The third kappa shape index (κ3) is 3.72. The van der Waals surface area contributed by atoms with Crippen LogP contribution < -0.4 is 5.32 Å². The Hall–Kier alpha value is -2.08. The molecule has 1 unspecified atom stereocenters. The topological polar surface area (TPSA) is 86.7 Å². The van der Waals surface area contributed by atoms with Crippen LogP contribution in [0, 0.1) is 5.92 Å². The normalized spacial score (nSPS) is 17.6. The molecule has 0 aliphatic carbocycles. The van der Waals surface area contributed by atoms with Gasteiger partial charge in [-0.3, -0.25) is 14.4 Å². The van der Waals surface area contributed by atoms with E-state index in [0.717, 1.165) is 0 Å². The highest BCUT2D eigenvalue weighted by molar-refractivity contribution is 6.33. The van der Waals surface area contributed by atoms with E-state index in [0.29, 0.717) is 23.6 Å². The molecule has 2 N–H and O–H groups in total. The molecule has 2 amide bonds. The number of rotatable bonds is 4. The SMILES string of the molecule is O=C(NCC(=O)N1CCC(C(=O)O)C1)c1ccccc1Cl. The molecule has 1 saturated heterocycles. The smallest absolute Gasteiger partial charge is 0.308 e. The zero-order valence-corrected chi connectivity index (χ0v) is 12.0. The van der Waals surface area contributed by atoms with E-state index in [2.05, 4.69) is 5.32 Å². The van der Waals surface area contributed by atoms with Crippen LogP contribution in [0.2, 0.25) is 5.02 Å². The van der Waals surface area contributed by atoms with E-state index in [9.17, 15) is 14.4 Å². The van der Waals surface area contributed by atoms with Crippen LogP contribution >= 0.6 is 11.6 Å². The summed E-state index contributed by atoms with van der Waals surface area (Å²) in [5.41, 5.74) is 0.303. The average molecular weight is 311 g/mol. The first-order chi connectivity index (χ1) is 9.99. The average Bonchev–Trinajstić information content (AvgIpc) is 2.95. The van der Waals surface area contributed by atoms with E-state index >= 15 is 0 Å². The summed E-state index contributed by atoms with van der Waals surface area (Å²) >= 11 is 5.89. The predicted molar refractivity (Wildman–Crippen MR) is 76.1 cm³/mol. The molecule has 21 heavy (non-hydrogen) atoms. The molecule has 1 heterocycles. The van der Waals surface area contributed by atoms with Gasteiger partial charge in [-0.1, -0.05) is 23.7 Å². The van der Waals surface area contributed by atoms with Crippen molar-refractivity contribution < 1.29 is 19.5 Å². The number of hydrogen-bond acceptors (Lipinski definition) is 3. The molecule has 1 fully saturated rings. The highest BCUT2D eigenvalue weighted by atomic mass is 35.5. The molecule has 0 saturated carbocycles. The van der Waals surface area contributed by atoms with Crippen molar-refractivity contribution in [3.63, 3.8) is 0 Å². The number of hydrogen-bond donors (Lipinski definition) is 2. The maximum absolute atomic E-state index is 11.9. The lowest BCUT2D eigenvalue weighted by molar-refractivity contribution is -0.141. The lowest BCUT2D eigenvalue weighted by atomic mass is 10.1. The Morgan fingerprint density at radius 2 is 2.05 bits per heavy atom. The van der Waals surface area contributed by atoms with Gasteiger partial charge in [-0.05, 0) is 18.6 Å². The number of aliphatic carboxylic acids is 1. The minimum Gasteiger partial charge on any atom is -0.481 e. The Kier molecular flexibility index (Phi) is 4.80. The molecule has 0 radical (unpaired) electrons. The largest absolute Gasteiger partial charge is 0.481 e. The fourth-order valence-electron chi connectivity index (χ4n) is 2.20. The minimum absolute atomic E-state index is 0.170. The highest BCUT2D eigenvalue weighted by Crippen LogP contribution is 2.16. The lowest BCUT2D eigenvalue weighted by Gasteiger charge is -2.16. The number of likely N-dealkylation sites (tertiary alicyclic amines) is 1. The van der Waals surface area contributed by atoms with Gasteiger partial charge in [0.05, 0.1) is 23.0 Å². The number of nitrogens with zero attached hydrogens (tertiary/aromatic N) is 1. The van der Waals surface area contributed by atoms with Crippen molar-refractivity contribution in [3.05, 3.63) is 34.9 Å². The molecule has 7 heteroatoms. The Morgan fingerprint density at radius 3 is 2.67 bits per heavy atom. The fraction of sp³-hybridized carbons (Fsp3) is 0.357. The van der Waals surface area contributed by atoms with Gasteiger partial charge in [0.2, 0.25) is 5.91 Å². The monoisotopic (exact) mass is 310 g/mol. The first-order valence-corrected chi connectivity index (χ1v) is 6.90. The number of halogens is 1. The Labute approximate surface area is 126 Å². The van der Waals surface area contributed by atoms with Crippen LogP contribution in [-0.2, 0) is 9.59 Å². The molecule has 1 aromatic rings. The van der Waals surface area contributed by atoms with Gasteiger partial charge in [-0.15, -0.1) is 0 Å². The number of carbonyl (C=O) groups excluding carboxylic acids is 2. The summed E-state index contributed by atoms with van der Waals surface area (Å²) < 4.78 is 0. The van der Waals surface area contributed by atoms with E-state index in [1.807, 2.05) is 0 Å². The molecular weight excluding hydrogens is 296 g/mol. The quantitative estimate of drug-likeness (QED) is 0.868. The number of benzene rings is 1. The molecule has 1 aliphatic rings. The van der Waals surface area contributed by atoms with Gasteiger partial charge in [-0.2, -0.15) is 0 Å². The van der Waals surface area contributed by atoms with Crippen LogP contribution in [0.4, 0.5) is 0 Å². The Morgan fingerprint density at radius 1 is 1.33 bits per heavy atom. The summed E-state index contributed by atoms with van der Waals surface area (Å²) in [4.78, 5) is 36.1. The number of amides is 2. The fourth-order valence-corrected chi connectivity index (χ4v) is 2.42. The van der Waals surface area contributed by atoms with Crippen LogP contribution in [-0.4, -0.2) is 47.4 Å².